The number of rotatable bonds is 6. The van der Waals surface area contributed by atoms with Gasteiger partial charge in [-0.1, -0.05) is 30.3 Å². The molecule has 2 unspecified atom stereocenters. The lowest BCUT2D eigenvalue weighted by molar-refractivity contribution is 0.198. The quantitative estimate of drug-likeness (QED) is 0.591. The van der Waals surface area contributed by atoms with Crippen LogP contribution in [0, 0.1) is 11.3 Å². The predicted molar refractivity (Wildman–Crippen MR) is 69.5 cm³/mol. The van der Waals surface area contributed by atoms with Crippen molar-refractivity contribution in [2.45, 2.75) is 25.3 Å². The third-order valence-electron chi connectivity index (χ3n) is 2.86. The van der Waals surface area contributed by atoms with Gasteiger partial charge in [-0.15, -0.1) is 0 Å². The topological polar surface area (TPSA) is 71.8 Å². The molecule has 0 aliphatic carbocycles. The lowest BCUT2D eigenvalue weighted by atomic mass is 10.1. The average molecular weight is 281 g/mol. The molecule has 1 heterocycles. The Balaban J connectivity index is 2.31. The number of epoxide rings is 1. The molecule has 0 aromatic heterocycles. The molecular weight excluding hydrogens is 265 g/mol. The van der Waals surface area contributed by atoms with Gasteiger partial charge in [0.05, 0.1) is 13.2 Å². The Morgan fingerprint density at radius 2 is 1.89 bits per heavy atom. The molecule has 0 N–H and O–H groups in total. The van der Waals surface area contributed by atoms with Crippen LogP contribution in [0.15, 0.2) is 30.3 Å². The summed E-state index contributed by atoms with van der Waals surface area (Å²) >= 11 is 0. The van der Waals surface area contributed by atoms with Crippen molar-refractivity contribution in [2.24, 2.45) is 0 Å². The molecule has 0 spiro atoms. The molecule has 1 saturated heterocycles. The first-order valence-electron chi connectivity index (χ1n) is 6.16. The van der Waals surface area contributed by atoms with Crippen LogP contribution in [0.4, 0.5) is 0 Å². The highest BCUT2D eigenvalue weighted by molar-refractivity contribution is 7.56. The summed E-state index contributed by atoms with van der Waals surface area (Å²) in [5, 5.41) is 7.86. The van der Waals surface area contributed by atoms with Crippen molar-refractivity contribution < 1.29 is 18.3 Å². The minimum atomic E-state index is -3.62. The zero-order valence-electron chi connectivity index (χ0n) is 10.9. The minimum absolute atomic E-state index is 0.200. The highest BCUT2D eigenvalue weighted by Gasteiger charge is 2.72. The van der Waals surface area contributed by atoms with E-state index in [4.69, 9.17) is 13.8 Å². The molecule has 0 radical (unpaired) electrons. The number of nitrogens with zero attached hydrogens (tertiary/aromatic N) is 1. The monoisotopic (exact) mass is 281 g/mol. The van der Waals surface area contributed by atoms with E-state index in [2.05, 4.69) is 0 Å². The van der Waals surface area contributed by atoms with E-state index in [-0.39, 0.29) is 13.2 Å². The molecule has 19 heavy (non-hydrogen) atoms. The Morgan fingerprint density at radius 3 is 2.37 bits per heavy atom. The zero-order chi connectivity index (χ0) is 13.9. The van der Waals surface area contributed by atoms with Crippen molar-refractivity contribution >= 4 is 7.60 Å². The Labute approximate surface area is 112 Å². The molecule has 2 rings (SSSR count). The van der Waals surface area contributed by atoms with E-state index >= 15 is 0 Å². The molecule has 1 aliphatic rings. The first kappa shape index (κ1) is 14.2. The normalized spacial score (nSPS) is 25.8. The summed E-state index contributed by atoms with van der Waals surface area (Å²) in [5.74, 6) is 0. The summed E-state index contributed by atoms with van der Waals surface area (Å²) in [5.41, 5.74) is 0.795. The number of ether oxygens (including phenoxy) is 1. The first-order valence-corrected chi connectivity index (χ1v) is 7.71. The van der Waals surface area contributed by atoms with Crippen LogP contribution in [0.25, 0.3) is 0 Å². The fourth-order valence-electron chi connectivity index (χ4n) is 1.99. The van der Waals surface area contributed by atoms with E-state index < -0.39 is 19.0 Å². The molecule has 0 saturated carbocycles. The van der Waals surface area contributed by atoms with Crippen LogP contribution in [0.1, 0.15) is 25.5 Å². The van der Waals surface area contributed by atoms with E-state index in [9.17, 15) is 9.83 Å². The molecule has 5 nitrogen and oxygen atoms in total. The van der Waals surface area contributed by atoms with Gasteiger partial charge in [0.2, 0.25) is 0 Å². The van der Waals surface area contributed by atoms with Crippen LogP contribution in [-0.2, 0) is 18.3 Å². The van der Waals surface area contributed by atoms with Gasteiger partial charge in [0, 0.05) is 0 Å². The summed E-state index contributed by atoms with van der Waals surface area (Å²) < 4.78 is 28.6. The van der Waals surface area contributed by atoms with Gasteiger partial charge in [-0.25, -0.2) is 0 Å². The second kappa shape index (κ2) is 5.44. The van der Waals surface area contributed by atoms with Gasteiger partial charge in [-0.2, -0.15) is 5.26 Å². The minimum Gasteiger partial charge on any atom is -0.334 e. The Bertz CT molecular complexity index is 517. The summed E-state index contributed by atoms with van der Waals surface area (Å²) in [6.45, 7) is 3.81. The Kier molecular flexibility index (Phi) is 4.07. The molecule has 2 atom stereocenters. The third kappa shape index (κ3) is 2.33. The molecule has 0 bridgehead atoms. The molecule has 1 fully saturated rings. The predicted octanol–water partition coefficient (Wildman–Crippen LogP) is 3.24. The van der Waals surface area contributed by atoms with Crippen molar-refractivity contribution in [1.82, 2.24) is 0 Å². The first-order chi connectivity index (χ1) is 9.13. The SMILES string of the molecule is CCOP(=O)(OCC)C1(C#N)OC1c1ccccc1. The lowest BCUT2D eigenvalue weighted by Crippen LogP contribution is -2.15. The van der Waals surface area contributed by atoms with Gasteiger partial charge in [0.1, 0.15) is 12.2 Å². The summed E-state index contributed by atoms with van der Waals surface area (Å²) in [7, 11) is -3.62. The van der Waals surface area contributed by atoms with Crippen molar-refractivity contribution in [3.63, 3.8) is 0 Å². The Hall–Kier alpha value is -1.18. The summed E-state index contributed by atoms with van der Waals surface area (Å²) in [6.07, 6.45) is -0.567. The highest BCUT2D eigenvalue weighted by Crippen LogP contribution is 2.74. The van der Waals surface area contributed by atoms with Crippen LogP contribution < -0.4 is 0 Å². The molecule has 1 aliphatic heterocycles. The van der Waals surface area contributed by atoms with Crippen molar-refractivity contribution in [3.05, 3.63) is 35.9 Å². The van der Waals surface area contributed by atoms with E-state index in [1.807, 2.05) is 36.4 Å². The maximum absolute atomic E-state index is 12.7. The highest BCUT2D eigenvalue weighted by atomic mass is 31.2. The fourth-order valence-corrected chi connectivity index (χ4v) is 3.92. The maximum atomic E-state index is 12.7. The summed E-state index contributed by atoms with van der Waals surface area (Å²) in [6, 6.07) is 11.2. The van der Waals surface area contributed by atoms with E-state index in [1.54, 1.807) is 13.8 Å². The van der Waals surface area contributed by atoms with E-state index in [0.717, 1.165) is 5.56 Å². The van der Waals surface area contributed by atoms with Crippen molar-refractivity contribution in [3.8, 4) is 6.07 Å². The second-order valence-corrected chi connectivity index (χ2v) is 6.23. The third-order valence-corrected chi connectivity index (χ3v) is 5.31. The van der Waals surface area contributed by atoms with Gasteiger partial charge in [0.25, 0.3) is 5.34 Å². The average Bonchev–Trinajstić information content (AvgIpc) is 3.17. The van der Waals surface area contributed by atoms with Crippen LogP contribution >= 0.6 is 7.60 Å². The molecule has 102 valence electrons. The molecule has 0 amide bonds. The van der Waals surface area contributed by atoms with Gasteiger partial charge >= 0.3 is 7.60 Å². The van der Waals surface area contributed by atoms with Crippen LogP contribution in [0.3, 0.4) is 0 Å². The summed E-state index contributed by atoms with van der Waals surface area (Å²) in [4.78, 5) is 0. The number of benzene rings is 1. The van der Waals surface area contributed by atoms with Gasteiger partial charge < -0.3 is 13.8 Å². The standard InChI is InChI=1S/C13H16NO4P/c1-3-16-19(15,17-4-2)13(10-14)12(18-13)11-8-6-5-7-9-11/h5-9,12H,3-4H2,1-2H3. The smallest absolute Gasteiger partial charge is 0.334 e. The molecule has 1 aromatic rings. The van der Waals surface area contributed by atoms with Gasteiger partial charge in [-0.05, 0) is 19.4 Å². The lowest BCUT2D eigenvalue weighted by Gasteiger charge is -2.19. The zero-order valence-corrected chi connectivity index (χ0v) is 11.8. The Morgan fingerprint density at radius 1 is 1.32 bits per heavy atom. The van der Waals surface area contributed by atoms with E-state index in [1.165, 1.54) is 0 Å². The largest absolute Gasteiger partial charge is 0.380 e. The van der Waals surface area contributed by atoms with Crippen molar-refractivity contribution in [2.75, 3.05) is 13.2 Å². The van der Waals surface area contributed by atoms with E-state index in [0.29, 0.717) is 0 Å². The van der Waals surface area contributed by atoms with Gasteiger partial charge in [-0.3, -0.25) is 4.57 Å². The number of nitriles is 1. The number of hydrogen-bond acceptors (Lipinski definition) is 5. The fraction of sp³-hybridized carbons (Fsp3) is 0.462. The van der Waals surface area contributed by atoms with Crippen LogP contribution in [0.2, 0.25) is 0 Å². The molecule has 6 heteroatoms. The number of hydrogen-bond donors (Lipinski definition) is 0. The van der Waals surface area contributed by atoms with Crippen LogP contribution in [0.5, 0.6) is 0 Å². The van der Waals surface area contributed by atoms with Crippen LogP contribution in [-0.4, -0.2) is 18.6 Å². The second-order valence-electron chi connectivity index (χ2n) is 4.05. The molecular formula is C13H16NO4P. The van der Waals surface area contributed by atoms with Gasteiger partial charge in [0.15, 0.2) is 0 Å². The maximum Gasteiger partial charge on any atom is 0.380 e. The van der Waals surface area contributed by atoms with Crippen molar-refractivity contribution in [1.29, 1.82) is 5.26 Å². The molecule has 1 aromatic carbocycles.